The van der Waals surface area contributed by atoms with Gasteiger partial charge in [0.1, 0.15) is 9.76 Å². The van der Waals surface area contributed by atoms with E-state index >= 15 is 0 Å². The highest BCUT2D eigenvalue weighted by atomic mass is 28.4. The van der Waals surface area contributed by atoms with E-state index in [9.17, 15) is 0 Å². The first-order chi connectivity index (χ1) is 4.12. The molecule has 0 saturated heterocycles. The SMILES string of the molecule is C/C=C\[Si](C)(C)O[SiH2]C. The average molecular weight is 160 g/mol. The van der Waals surface area contributed by atoms with Crippen LogP contribution in [0.2, 0.25) is 19.6 Å². The second-order valence-corrected chi connectivity index (χ2v) is 7.81. The molecule has 0 atom stereocenters. The van der Waals surface area contributed by atoms with E-state index < -0.39 is 8.32 Å². The smallest absolute Gasteiger partial charge is 0.197 e. The zero-order valence-electron chi connectivity index (χ0n) is 6.77. The number of hydrogen-bond acceptors (Lipinski definition) is 1. The molecule has 9 heavy (non-hydrogen) atoms. The molecule has 0 aliphatic rings. The van der Waals surface area contributed by atoms with Gasteiger partial charge >= 0.3 is 0 Å². The van der Waals surface area contributed by atoms with Gasteiger partial charge in [-0.15, -0.1) is 0 Å². The fourth-order valence-corrected chi connectivity index (χ4v) is 4.99. The summed E-state index contributed by atoms with van der Waals surface area (Å²) >= 11 is 0. The largest absolute Gasteiger partial charge is 0.458 e. The molecule has 0 rings (SSSR count). The van der Waals surface area contributed by atoms with E-state index in [2.05, 4.69) is 38.3 Å². The molecule has 1 nitrogen and oxygen atoms in total. The number of rotatable bonds is 3. The number of allylic oxidation sites excluding steroid dienone is 1. The number of hydrogen-bond donors (Lipinski definition) is 0. The predicted molar refractivity (Wildman–Crippen MR) is 47.8 cm³/mol. The monoisotopic (exact) mass is 160 g/mol. The summed E-state index contributed by atoms with van der Waals surface area (Å²) in [4.78, 5) is 0. The molecular formula is C6H16OSi2. The molecule has 0 aromatic heterocycles. The maximum atomic E-state index is 5.66. The van der Waals surface area contributed by atoms with Crippen molar-refractivity contribution in [1.82, 2.24) is 0 Å². The van der Waals surface area contributed by atoms with Crippen molar-refractivity contribution in [3.63, 3.8) is 0 Å². The minimum atomic E-state index is -1.32. The van der Waals surface area contributed by atoms with Gasteiger partial charge in [0.15, 0.2) is 8.32 Å². The van der Waals surface area contributed by atoms with Gasteiger partial charge in [-0.25, -0.2) is 0 Å². The standard InChI is InChI=1S/C6H16OSi2/c1-5-6-9(3,4)7-8-2/h5-6H,8H2,1-4H3/b6-5-. The fraction of sp³-hybridized carbons (Fsp3) is 0.667. The molecule has 0 spiro atoms. The molecule has 0 fully saturated rings. The molecular weight excluding hydrogens is 144 g/mol. The van der Waals surface area contributed by atoms with Crippen molar-refractivity contribution in [2.45, 2.75) is 26.6 Å². The lowest BCUT2D eigenvalue weighted by Gasteiger charge is -2.16. The zero-order chi connectivity index (χ0) is 7.33. The molecule has 0 bridgehead atoms. The van der Waals surface area contributed by atoms with Crippen LogP contribution in [0.5, 0.6) is 0 Å². The minimum absolute atomic E-state index is 0.200. The van der Waals surface area contributed by atoms with E-state index in [-0.39, 0.29) is 9.76 Å². The summed E-state index contributed by atoms with van der Waals surface area (Å²) in [6.45, 7) is 8.68. The molecule has 0 saturated carbocycles. The molecule has 0 N–H and O–H groups in total. The van der Waals surface area contributed by atoms with Crippen LogP contribution in [0, 0.1) is 0 Å². The van der Waals surface area contributed by atoms with Crippen LogP contribution in [0.15, 0.2) is 11.8 Å². The van der Waals surface area contributed by atoms with Gasteiger partial charge in [0.05, 0.1) is 0 Å². The Balaban J connectivity index is 3.70. The van der Waals surface area contributed by atoms with Crippen molar-refractivity contribution >= 4 is 18.1 Å². The Morgan fingerprint density at radius 1 is 1.44 bits per heavy atom. The summed E-state index contributed by atoms with van der Waals surface area (Å²) in [5.41, 5.74) is 2.23. The van der Waals surface area contributed by atoms with Crippen molar-refractivity contribution in [1.29, 1.82) is 0 Å². The van der Waals surface area contributed by atoms with Gasteiger partial charge in [-0.3, -0.25) is 0 Å². The molecule has 0 radical (unpaired) electrons. The summed E-state index contributed by atoms with van der Waals surface area (Å²) in [5.74, 6) is 0. The molecule has 54 valence electrons. The topological polar surface area (TPSA) is 9.23 Å². The molecule has 0 heterocycles. The Morgan fingerprint density at radius 2 is 2.00 bits per heavy atom. The maximum absolute atomic E-state index is 5.66. The van der Waals surface area contributed by atoms with Crippen molar-refractivity contribution in [2.24, 2.45) is 0 Å². The van der Waals surface area contributed by atoms with Gasteiger partial charge in [-0.05, 0) is 20.0 Å². The molecule has 0 amide bonds. The molecule has 0 aromatic carbocycles. The van der Waals surface area contributed by atoms with Gasteiger partial charge in [-0.1, -0.05) is 18.3 Å². The lowest BCUT2D eigenvalue weighted by molar-refractivity contribution is 0.609. The lowest BCUT2D eigenvalue weighted by atomic mass is 10.8. The Hall–Kier alpha value is 0.134. The van der Waals surface area contributed by atoms with Gasteiger partial charge in [0.25, 0.3) is 0 Å². The highest BCUT2D eigenvalue weighted by Gasteiger charge is 2.15. The van der Waals surface area contributed by atoms with Crippen LogP contribution in [-0.2, 0) is 4.12 Å². The van der Waals surface area contributed by atoms with Crippen LogP contribution >= 0.6 is 0 Å². The Kier molecular flexibility index (Phi) is 4.09. The summed E-state index contributed by atoms with van der Waals surface area (Å²) in [6, 6.07) is 0. The quantitative estimate of drug-likeness (QED) is 0.568. The Bertz CT molecular complexity index is 99.2. The second kappa shape index (κ2) is 4.03. The molecule has 0 unspecified atom stereocenters. The second-order valence-electron chi connectivity index (χ2n) is 2.54. The predicted octanol–water partition coefficient (Wildman–Crippen LogP) is 1.46. The van der Waals surface area contributed by atoms with Crippen molar-refractivity contribution in [3.8, 4) is 0 Å². The van der Waals surface area contributed by atoms with Crippen LogP contribution in [0.4, 0.5) is 0 Å². The molecule has 0 aliphatic heterocycles. The summed E-state index contributed by atoms with van der Waals surface area (Å²) in [7, 11) is -1.52. The van der Waals surface area contributed by atoms with Gasteiger partial charge in [0.2, 0.25) is 0 Å². The Morgan fingerprint density at radius 3 is 2.33 bits per heavy atom. The van der Waals surface area contributed by atoms with Gasteiger partial charge < -0.3 is 4.12 Å². The van der Waals surface area contributed by atoms with E-state index in [1.54, 1.807) is 0 Å². The first kappa shape index (κ1) is 9.13. The fourth-order valence-electron chi connectivity index (χ4n) is 0.821. The average Bonchev–Trinajstić information content (AvgIpc) is 1.64. The first-order valence-corrected chi connectivity index (χ1v) is 8.38. The van der Waals surface area contributed by atoms with Crippen LogP contribution in [0.25, 0.3) is 0 Å². The Labute approximate surface area is 61.2 Å². The van der Waals surface area contributed by atoms with Crippen LogP contribution in [0.1, 0.15) is 6.92 Å². The van der Waals surface area contributed by atoms with Crippen molar-refractivity contribution in [2.75, 3.05) is 0 Å². The molecule has 0 aromatic rings. The van der Waals surface area contributed by atoms with Crippen LogP contribution in [0.3, 0.4) is 0 Å². The lowest BCUT2D eigenvalue weighted by Crippen LogP contribution is -2.28. The van der Waals surface area contributed by atoms with E-state index in [0.717, 1.165) is 0 Å². The van der Waals surface area contributed by atoms with E-state index in [4.69, 9.17) is 4.12 Å². The highest BCUT2D eigenvalue weighted by Crippen LogP contribution is 2.03. The highest BCUT2D eigenvalue weighted by molar-refractivity contribution is 6.79. The summed E-state index contributed by atoms with van der Waals surface area (Å²) < 4.78 is 5.66. The zero-order valence-corrected chi connectivity index (χ0v) is 9.18. The van der Waals surface area contributed by atoms with Gasteiger partial charge in [-0.2, -0.15) is 0 Å². The normalized spacial score (nSPS) is 14.2. The van der Waals surface area contributed by atoms with Gasteiger partial charge in [0, 0.05) is 0 Å². The molecule has 3 heteroatoms. The van der Waals surface area contributed by atoms with Crippen molar-refractivity contribution < 1.29 is 4.12 Å². The van der Waals surface area contributed by atoms with Crippen LogP contribution < -0.4 is 0 Å². The van der Waals surface area contributed by atoms with Crippen molar-refractivity contribution in [3.05, 3.63) is 11.8 Å². The van der Waals surface area contributed by atoms with E-state index in [1.165, 1.54) is 0 Å². The first-order valence-electron chi connectivity index (χ1n) is 3.40. The summed E-state index contributed by atoms with van der Waals surface area (Å²) in [6.07, 6.45) is 2.09. The van der Waals surface area contributed by atoms with E-state index in [0.29, 0.717) is 0 Å². The third-order valence-corrected chi connectivity index (χ3v) is 6.35. The third-order valence-electron chi connectivity index (χ3n) is 1.08. The third kappa shape index (κ3) is 4.63. The minimum Gasteiger partial charge on any atom is -0.458 e. The van der Waals surface area contributed by atoms with Crippen LogP contribution in [-0.4, -0.2) is 18.1 Å². The molecule has 0 aliphatic carbocycles. The van der Waals surface area contributed by atoms with E-state index in [1.807, 2.05) is 0 Å². The maximum Gasteiger partial charge on any atom is 0.197 e. The summed E-state index contributed by atoms with van der Waals surface area (Å²) in [5, 5.41) is 0.